The van der Waals surface area contributed by atoms with Crippen molar-refractivity contribution >= 4 is 29.0 Å². The number of anilines is 1. The van der Waals surface area contributed by atoms with Gasteiger partial charge in [0.15, 0.2) is 0 Å². The van der Waals surface area contributed by atoms with Gasteiger partial charge >= 0.3 is 0 Å². The molecule has 9 heteroatoms. The van der Waals surface area contributed by atoms with E-state index in [-0.39, 0.29) is 11.6 Å². The van der Waals surface area contributed by atoms with Crippen LogP contribution in [0.25, 0.3) is 0 Å². The Morgan fingerprint density at radius 1 is 1.17 bits per heavy atom. The maximum atomic E-state index is 12.5. The predicted octanol–water partition coefficient (Wildman–Crippen LogP) is 4.03. The molecule has 0 unspecified atom stereocenters. The second-order valence-electron chi connectivity index (χ2n) is 6.21. The van der Waals surface area contributed by atoms with Crippen molar-refractivity contribution in [3.8, 4) is 0 Å². The summed E-state index contributed by atoms with van der Waals surface area (Å²) >= 11 is 1.52. The number of carbonyl (C=O) groups is 1. The van der Waals surface area contributed by atoms with Crippen LogP contribution in [-0.2, 0) is 5.75 Å². The number of nitro groups is 1. The van der Waals surface area contributed by atoms with Crippen LogP contribution in [0.4, 0.5) is 11.4 Å². The van der Waals surface area contributed by atoms with Gasteiger partial charge in [-0.05, 0) is 31.2 Å². The number of non-ortho nitro benzene ring substituents is 1. The van der Waals surface area contributed by atoms with Crippen molar-refractivity contribution in [2.24, 2.45) is 0 Å². The first-order valence-corrected chi connectivity index (χ1v) is 9.92. The standard InChI is InChI=1S/C20H20N4O4S/c1-14-12-17(28-23-14)13-29-19-5-3-2-4-18(19)20(25)22-11-10-21-15-6-8-16(9-7-15)24(26)27/h2-9,12,21H,10-11,13H2,1H3,(H,22,25). The number of aromatic nitrogens is 1. The highest BCUT2D eigenvalue weighted by Crippen LogP contribution is 2.26. The molecule has 1 heterocycles. The first-order chi connectivity index (χ1) is 14.0. The van der Waals surface area contributed by atoms with Crippen molar-refractivity contribution in [1.82, 2.24) is 10.5 Å². The molecule has 150 valence electrons. The second-order valence-corrected chi connectivity index (χ2v) is 7.22. The van der Waals surface area contributed by atoms with E-state index < -0.39 is 4.92 Å². The van der Waals surface area contributed by atoms with Crippen LogP contribution in [0.5, 0.6) is 0 Å². The van der Waals surface area contributed by atoms with Crippen molar-refractivity contribution < 1.29 is 14.2 Å². The molecule has 3 aromatic rings. The van der Waals surface area contributed by atoms with Gasteiger partial charge in [-0.15, -0.1) is 11.8 Å². The number of hydrogen-bond donors (Lipinski definition) is 2. The summed E-state index contributed by atoms with van der Waals surface area (Å²) in [5.74, 6) is 1.19. The molecule has 8 nitrogen and oxygen atoms in total. The summed E-state index contributed by atoms with van der Waals surface area (Å²) in [6.07, 6.45) is 0. The number of benzene rings is 2. The number of amides is 1. The third-order valence-corrected chi connectivity index (χ3v) is 5.09. The van der Waals surface area contributed by atoms with Crippen molar-refractivity contribution in [2.45, 2.75) is 17.6 Å². The fourth-order valence-corrected chi connectivity index (χ4v) is 3.52. The predicted molar refractivity (Wildman–Crippen MR) is 111 cm³/mol. The molecule has 2 aromatic carbocycles. The zero-order valence-electron chi connectivity index (χ0n) is 15.8. The highest BCUT2D eigenvalue weighted by molar-refractivity contribution is 7.98. The Kier molecular flexibility index (Phi) is 6.85. The molecular weight excluding hydrogens is 392 g/mol. The fourth-order valence-electron chi connectivity index (χ4n) is 2.59. The number of carbonyl (C=O) groups excluding carboxylic acids is 1. The lowest BCUT2D eigenvalue weighted by Crippen LogP contribution is -2.29. The van der Waals surface area contributed by atoms with Gasteiger partial charge in [-0.1, -0.05) is 17.3 Å². The van der Waals surface area contributed by atoms with Gasteiger partial charge in [0.1, 0.15) is 5.76 Å². The highest BCUT2D eigenvalue weighted by atomic mass is 32.2. The van der Waals surface area contributed by atoms with E-state index in [1.807, 2.05) is 31.2 Å². The van der Waals surface area contributed by atoms with E-state index in [2.05, 4.69) is 15.8 Å². The lowest BCUT2D eigenvalue weighted by atomic mass is 10.2. The molecule has 0 saturated carbocycles. The van der Waals surface area contributed by atoms with Gasteiger partial charge in [0, 0.05) is 41.9 Å². The molecule has 3 rings (SSSR count). The van der Waals surface area contributed by atoms with Gasteiger partial charge < -0.3 is 15.2 Å². The van der Waals surface area contributed by atoms with Gasteiger partial charge in [0.2, 0.25) is 0 Å². The van der Waals surface area contributed by atoms with Crippen LogP contribution < -0.4 is 10.6 Å². The first kappa shape index (κ1) is 20.4. The minimum Gasteiger partial charge on any atom is -0.383 e. The van der Waals surface area contributed by atoms with E-state index in [1.165, 1.54) is 23.9 Å². The number of nitro benzene ring substituents is 1. The summed E-state index contributed by atoms with van der Waals surface area (Å²) in [6, 6.07) is 15.4. The number of thioether (sulfide) groups is 1. The van der Waals surface area contributed by atoms with Crippen molar-refractivity contribution in [3.63, 3.8) is 0 Å². The Morgan fingerprint density at radius 2 is 1.93 bits per heavy atom. The largest absolute Gasteiger partial charge is 0.383 e. The summed E-state index contributed by atoms with van der Waals surface area (Å²) in [4.78, 5) is 23.6. The average molecular weight is 412 g/mol. The summed E-state index contributed by atoms with van der Waals surface area (Å²) in [5.41, 5.74) is 2.22. The molecule has 29 heavy (non-hydrogen) atoms. The summed E-state index contributed by atoms with van der Waals surface area (Å²) in [7, 11) is 0. The molecule has 0 aliphatic carbocycles. The van der Waals surface area contributed by atoms with E-state index in [9.17, 15) is 14.9 Å². The van der Waals surface area contributed by atoms with Gasteiger partial charge in [0.05, 0.1) is 21.9 Å². The molecular formula is C20H20N4O4S. The van der Waals surface area contributed by atoms with Crippen molar-refractivity contribution in [1.29, 1.82) is 0 Å². The number of nitrogens with zero attached hydrogens (tertiary/aromatic N) is 2. The molecule has 0 radical (unpaired) electrons. The lowest BCUT2D eigenvalue weighted by molar-refractivity contribution is -0.384. The summed E-state index contributed by atoms with van der Waals surface area (Å²) in [6.45, 7) is 2.77. The Hall–Kier alpha value is -3.33. The Bertz CT molecular complexity index is 988. The molecule has 1 amide bonds. The third-order valence-electron chi connectivity index (χ3n) is 4.00. The second kappa shape index (κ2) is 9.74. The van der Waals surface area contributed by atoms with Gasteiger partial charge in [-0.2, -0.15) is 0 Å². The van der Waals surface area contributed by atoms with Gasteiger partial charge in [0.25, 0.3) is 11.6 Å². The van der Waals surface area contributed by atoms with Gasteiger partial charge in [-0.3, -0.25) is 14.9 Å². The van der Waals surface area contributed by atoms with Crippen LogP contribution >= 0.6 is 11.8 Å². The van der Waals surface area contributed by atoms with Crippen LogP contribution in [0.3, 0.4) is 0 Å². The lowest BCUT2D eigenvalue weighted by Gasteiger charge is -2.10. The zero-order valence-corrected chi connectivity index (χ0v) is 16.6. The quantitative estimate of drug-likeness (QED) is 0.236. The Morgan fingerprint density at radius 3 is 2.62 bits per heavy atom. The van der Waals surface area contributed by atoms with E-state index in [1.54, 1.807) is 18.2 Å². The molecule has 2 N–H and O–H groups in total. The number of rotatable bonds is 9. The van der Waals surface area contributed by atoms with E-state index in [0.717, 1.165) is 22.0 Å². The normalized spacial score (nSPS) is 10.5. The van der Waals surface area contributed by atoms with E-state index in [4.69, 9.17) is 4.52 Å². The van der Waals surface area contributed by atoms with Crippen LogP contribution in [0.15, 0.2) is 64.0 Å². The Labute approximate surface area is 171 Å². The topological polar surface area (TPSA) is 110 Å². The molecule has 0 bridgehead atoms. The number of hydrogen-bond acceptors (Lipinski definition) is 7. The van der Waals surface area contributed by atoms with Crippen LogP contribution in [-0.4, -0.2) is 29.1 Å². The SMILES string of the molecule is Cc1cc(CSc2ccccc2C(=O)NCCNc2ccc([N+](=O)[O-])cc2)on1. The fraction of sp³-hybridized carbons (Fsp3) is 0.200. The average Bonchev–Trinajstić information content (AvgIpc) is 3.15. The van der Waals surface area contributed by atoms with E-state index in [0.29, 0.717) is 24.4 Å². The number of nitrogens with one attached hydrogen (secondary N) is 2. The minimum atomic E-state index is -0.441. The molecule has 0 fully saturated rings. The Balaban J connectivity index is 1.49. The minimum absolute atomic E-state index is 0.0402. The van der Waals surface area contributed by atoms with Crippen LogP contribution in [0.2, 0.25) is 0 Å². The monoisotopic (exact) mass is 412 g/mol. The molecule has 0 aliphatic heterocycles. The van der Waals surface area contributed by atoms with Crippen molar-refractivity contribution in [3.05, 3.63) is 81.7 Å². The number of aryl methyl sites for hydroxylation is 1. The zero-order chi connectivity index (χ0) is 20.6. The molecule has 0 atom stereocenters. The smallest absolute Gasteiger partial charge is 0.269 e. The van der Waals surface area contributed by atoms with Crippen LogP contribution in [0.1, 0.15) is 21.8 Å². The molecule has 1 aromatic heterocycles. The van der Waals surface area contributed by atoms with E-state index >= 15 is 0 Å². The molecule has 0 spiro atoms. The van der Waals surface area contributed by atoms with Crippen LogP contribution in [0, 0.1) is 17.0 Å². The summed E-state index contributed by atoms with van der Waals surface area (Å²) in [5, 5.41) is 20.5. The molecule has 0 aliphatic rings. The molecule has 0 saturated heterocycles. The third kappa shape index (κ3) is 5.82. The highest BCUT2D eigenvalue weighted by Gasteiger charge is 2.12. The maximum absolute atomic E-state index is 12.5. The van der Waals surface area contributed by atoms with Crippen molar-refractivity contribution in [2.75, 3.05) is 18.4 Å². The maximum Gasteiger partial charge on any atom is 0.269 e. The summed E-state index contributed by atoms with van der Waals surface area (Å²) < 4.78 is 5.21. The van der Waals surface area contributed by atoms with Gasteiger partial charge in [-0.25, -0.2) is 0 Å². The first-order valence-electron chi connectivity index (χ1n) is 8.93.